The minimum atomic E-state index is -0.842. The van der Waals surface area contributed by atoms with Gasteiger partial charge < -0.3 is 5.32 Å². The average molecular weight is 325 g/mol. The molecule has 0 unspecified atom stereocenters. The number of rotatable bonds is 2. The predicted octanol–water partition coefficient (Wildman–Crippen LogP) is 2.71. The zero-order valence-electron chi connectivity index (χ0n) is 8.27. The summed E-state index contributed by atoms with van der Waals surface area (Å²) < 4.78 is 26.9. The summed E-state index contributed by atoms with van der Waals surface area (Å²) in [6, 6.07) is 2.21. The second-order valence-corrected chi connectivity index (χ2v) is 4.51. The molecule has 0 aliphatic carbocycles. The molecule has 0 aliphatic rings. The topological polar surface area (TPSA) is 29.1 Å². The second-order valence-electron chi connectivity index (χ2n) is 3.35. The van der Waals surface area contributed by atoms with Gasteiger partial charge in [0, 0.05) is 9.61 Å². The molecule has 0 saturated heterocycles. The van der Waals surface area contributed by atoms with Gasteiger partial charge in [0.1, 0.15) is 11.4 Å². The Morgan fingerprint density at radius 3 is 2.53 bits per heavy atom. The van der Waals surface area contributed by atoms with E-state index in [1.54, 1.807) is 36.4 Å². The first-order valence-electron chi connectivity index (χ1n) is 4.38. The molecule has 1 aromatic carbocycles. The van der Waals surface area contributed by atoms with Gasteiger partial charge in [0.2, 0.25) is 0 Å². The van der Waals surface area contributed by atoms with Crippen LogP contribution in [-0.2, 0) is 0 Å². The van der Waals surface area contributed by atoms with E-state index in [4.69, 9.17) is 0 Å². The van der Waals surface area contributed by atoms with Crippen LogP contribution in [0.3, 0.4) is 0 Å². The number of amides is 1. The van der Waals surface area contributed by atoms with E-state index >= 15 is 0 Å². The zero-order chi connectivity index (χ0) is 11.6. The van der Waals surface area contributed by atoms with E-state index in [-0.39, 0.29) is 9.61 Å². The highest BCUT2D eigenvalue weighted by molar-refractivity contribution is 14.1. The summed E-state index contributed by atoms with van der Waals surface area (Å²) in [7, 11) is 0. The molecular weight excluding hydrogens is 315 g/mol. The minimum absolute atomic E-state index is 0.158. The molecule has 1 N–H and O–H groups in total. The van der Waals surface area contributed by atoms with Crippen molar-refractivity contribution in [2.45, 2.75) is 19.9 Å². The van der Waals surface area contributed by atoms with Crippen LogP contribution < -0.4 is 5.32 Å². The monoisotopic (exact) mass is 325 g/mol. The minimum Gasteiger partial charge on any atom is -0.350 e. The number of nitrogens with one attached hydrogen (secondary N) is 1. The Labute approximate surface area is 100 Å². The van der Waals surface area contributed by atoms with Crippen LogP contribution in [0.5, 0.6) is 0 Å². The molecule has 1 aromatic rings. The Balaban J connectivity index is 3.13. The molecule has 82 valence electrons. The fraction of sp³-hybridized carbons (Fsp3) is 0.300. The van der Waals surface area contributed by atoms with Crippen molar-refractivity contribution in [3.05, 3.63) is 32.9 Å². The molecule has 15 heavy (non-hydrogen) atoms. The highest BCUT2D eigenvalue weighted by Gasteiger charge is 2.19. The predicted molar refractivity (Wildman–Crippen MR) is 61.7 cm³/mol. The third-order valence-electron chi connectivity index (χ3n) is 1.69. The number of hydrogen-bond acceptors (Lipinski definition) is 1. The molecule has 0 aliphatic heterocycles. The Morgan fingerprint density at radius 1 is 1.40 bits per heavy atom. The smallest absolute Gasteiger partial charge is 0.257 e. The van der Waals surface area contributed by atoms with E-state index in [1.807, 2.05) is 0 Å². The Hall–Kier alpha value is -0.720. The summed E-state index contributed by atoms with van der Waals surface area (Å²) >= 11 is 1.71. The molecule has 0 heterocycles. The normalized spacial score (nSPS) is 10.5. The van der Waals surface area contributed by atoms with Gasteiger partial charge in [-0.15, -0.1) is 0 Å². The van der Waals surface area contributed by atoms with E-state index in [0.717, 1.165) is 6.07 Å². The summed E-state index contributed by atoms with van der Waals surface area (Å²) in [6.07, 6.45) is 0. The standard InChI is InChI=1S/C10H10F2INO/c1-5(2)14-10(15)8-6(11)3-4-7(13)9(8)12/h3-5H,1-2H3,(H,14,15). The molecule has 1 rings (SSSR count). The van der Waals surface area contributed by atoms with Crippen LogP contribution in [0.1, 0.15) is 24.2 Å². The molecule has 0 atom stereocenters. The molecule has 0 fully saturated rings. The summed E-state index contributed by atoms with van der Waals surface area (Å²) in [5, 5.41) is 2.45. The highest BCUT2D eigenvalue weighted by Crippen LogP contribution is 2.18. The van der Waals surface area contributed by atoms with Gasteiger partial charge in [-0.25, -0.2) is 8.78 Å². The first-order valence-corrected chi connectivity index (χ1v) is 5.45. The van der Waals surface area contributed by atoms with E-state index in [1.165, 1.54) is 6.07 Å². The molecule has 0 aromatic heterocycles. The SMILES string of the molecule is CC(C)NC(=O)c1c(F)ccc(I)c1F. The van der Waals surface area contributed by atoms with Gasteiger partial charge in [0.15, 0.2) is 5.82 Å². The largest absolute Gasteiger partial charge is 0.350 e. The first-order chi connectivity index (χ1) is 6.93. The molecule has 0 bridgehead atoms. The first kappa shape index (κ1) is 12.4. The lowest BCUT2D eigenvalue weighted by atomic mass is 10.1. The van der Waals surface area contributed by atoms with Crippen LogP contribution in [0, 0.1) is 15.2 Å². The number of benzene rings is 1. The van der Waals surface area contributed by atoms with E-state index < -0.39 is 23.1 Å². The zero-order valence-corrected chi connectivity index (χ0v) is 10.4. The fourth-order valence-electron chi connectivity index (χ4n) is 1.07. The van der Waals surface area contributed by atoms with Gasteiger partial charge in [-0.05, 0) is 48.6 Å². The van der Waals surface area contributed by atoms with Crippen LogP contribution in [-0.4, -0.2) is 11.9 Å². The Morgan fingerprint density at radius 2 is 2.00 bits per heavy atom. The van der Waals surface area contributed by atoms with Gasteiger partial charge in [-0.2, -0.15) is 0 Å². The number of halogens is 3. The Bertz CT molecular complexity index is 393. The Kier molecular flexibility index (Phi) is 4.01. The number of carbonyl (C=O) groups excluding carboxylic acids is 1. The van der Waals surface area contributed by atoms with Crippen molar-refractivity contribution >= 4 is 28.5 Å². The van der Waals surface area contributed by atoms with Crippen LogP contribution in [0.15, 0.2) is 12.1 Å². The highest BCUT2D eigenvalue weighted by atomic mass is 127. The number of carbonyl (C=O) groups is 1. The van der Waals surface area contributed by atoms with Crippen LogP contribution in [0.4, 0.5) is 8.78 Å². The molecule has 1 amide bonds. The van der Waals surface area contributed by atoms with E-state index in [2.05, 4.69) is 5.32 Å². The molecule has 5 heteroatoms. The van der Waals surface area contributed by atoms with Crippen molar-refractivity contribution in [3.8, 4) is 0 Å². The summed E-state index contributed by atoms with van der Waals surface area (Å²) in [6.45, 7) is 3.45. The van der Waals surface area contributed by atoms with Gasteiger partial charge in [-0.1, -0.05) is 0 Å². The van der Waals surface area contributed by atoms with Gasteiger partial charge in [0.05, 0.1) is 0 Å². The maximum absolute atomic E-state index is 13.5. The summed E-state index contributed by atoms with van der Waals surface area (Å²) in [5.41, 5.74) is -0.518. The third-order valence-corrected chi connectivity index (χ3v) is 2.52. The molecule has 0 spiro atoms. The van der Waals surface area contributed by atoms with Crippen LogP contribution >= 0.6 is 22.6 Å². The van der Waals surface area contributed by atoms with Crippen molar-refractivity contribution in [3.63, 3.8) is 0 Å². The van der Waals surface area contributed by atoms with E-state index in [9.17, 15) is 13.6 Å². The van der Waals surface area contributed by atoms with Gasteiger partial charge >= 0.3 is 0 Å². The van der Waals surface area contributed by atoms with Crippen molar-refractivity contribution < 1.29 is 13.6 Å². The van der Waals surface area contributed by atoms with Gasteiger partial charge in [-0.3, -0.25) is 4.79 Å². The van der Waals surface area contributed by atoms with Crippen molar-refractivity contribution in [2.24, 2.45) is 0 Å². The molecule has 2 nitrogen and oxygen atoms in total. The van der Waals surface area contributed by atoms with E-state index in [0.29, 0.717) is 0 Å². The molecule has 0 radical (unpaired) electrons. The lowest BCUT2D eigenvalue weighted by Gasteiger charge is -2.10. The average Bonchev–Trinajstić information content (AvgIpc) is 2.11. The van der Waals surface area contributed by atoms with Crippen molar-refractivity contribution in [2.75, 3.05) is 0 Å². The fourth-order valence-corrected chi connectivity index (χ4v) is 1.52. The van der Waals surface area contributed by atoms with Crippen molar-refractivity contribution in [1.82, 2.24) is 5.32 Å². The lowest BCUT2D eigenvalue weighted by molar-refractivity contribution is 0.0934. The molecule has 0 saturated carbocycles. The summed E-state index contributed by atoms with van der Waals surface area (Å²) in [4.78, 5) is 11.5. The maximum Gasteiger partial charge on any atom is 0.257 e. The van der Waals surface area contributed by atoms with Gasteiger partial charge in [0.25, 0.3) is 5.91 Å². The summed E-state index contributed by atoms with van der Waals surface area (Å²) in [5.74, 6) is -2.38. The van der Waals surface area contributed by atoms with Crippen molar-refractivity contribution in [1.29, 1.82) is 0 Å². The lowest BCUT2D eigenvalue weighted by Crippen LogP contribution is -2.31. The maximum atomic E-state index is 13.5. The second kappa shape index (κ2) is 4.87. The van der Waals surface area contributed by atoms with Crippen LogP contribution in [0.2, 0.25) is 0 Å². The quantitative estimate of drug-likeness (QED) is 0.657. The van der Waals surface area contributed by atoms with Crippen LogP contribution in [0.25, 0.3) is 0 Å². The third kappa shape index (κ3) is 2.87. The number of hydrogen-bond donors (Lipinski definition) is 1. The molecular formula is C10H10F2INO.